The van der Waals surface area contributed by atoms with Crippen molar-refractivity contribution in [3.05, 3.63) is 34.9 Å². The van der Waals surface area contributed by atoms with Crippen molar-refractivity contribution in [1.82, 2.24) is 0 Å². The van der Waals surface area contributed by atoms with E-state index in [-0.39, 0.29) is 12.0 Å². The molecule has 0 fully saturated rings. The third-order valence-corrected chi connectivity index (χ3v) is 2.37. The zero-order chi connectivity index (χ0) is 13.2. The molecule has 0 aromatic heterocycles. The summed E-state index contributed by atoms with van der Waals surface area (Å²) < 4.78 is 37.4. The molecule has 3 N–H and O–H groups in total. The lowest BCUT2D eigenvalue weighted by atomic mass is 10.0. The van der Waals surface area contributed by atoms with E-state index in [1.165, 1.54) is 19.1 Å². The van der Waals surface area contributed by atoms with Crippen LogP contribution in [0, 0.1) is 6.92 Å². The standard InChI is InChI=1S/C11H12F3NO2/c1-6-4-7(5-9(15)10(16)17)2-3-8(6)11(12,13)14/h2-4,9H,5,15H2,1H3,(H,16,17). The number of hydrogen-bond donors (Lipinski definition) is 2. The number of carbonyl (C=O) groups is 1. The number of nitrogens with two attached hydrogens (primary N) is 1. The molecule has 0 aliphatic carbocycles. The van der Waals surface area contributed by atoms with Gasteiger partial charge in [-0.25, -0.2) is 0 Å². The minimum Gasteiger partial charge on any atom is -0.480 e. The van der Waals surface area contributed by atoms with Crippen molar-refractivity contribution in [1.29, 1.82) is 0 Å². The monoisotopic (exact) mass is 247 g/mol. The van der Waals surface area contributed by atoms with Crippen molar-refractivity contribution in [2.45, 2.75) is 25.6 Å². The Bertz CT molecular complexity index is 429. The fraction of sp³-hybridized carbons (Fsp3) is 0.364. The zero-order valence-corrected chi connectivity index (χ0v) is 9.08. The molecular weight excluding hydrogens is 235 g/mol. The summed E-state index contributed by atoms with van der Waals surface area (Å²) in [5.74, 6) is -1.18. The quantitative estimate of drug-likeness (QED) is 0.858. The minimum atomic E-state index is -4.39. The summed E-state index contributed by atoms with van der Waals surface area (Å²) in [6, 6.07) is 2.40. The summed E-state index contributed by atoms with van der Waals surface area (Å²) in [6.45, 7) is 1.33. The summed E-state index contributed by atoms with van der Waals surface area (Å²) in [5.41, 5.74) is 5.12. The maximum atomic E-state index is 12.5. The summed E-state index contributed by atoms with van der Waals surface area (Å²) in [5, 5.41) is 8.59. The van der Waals surface area contributed by atoms with Crippen LogP contribution in [0.25, 0.3) is 0 Å². The van der Waals surface area contributed by atoms with E-state index in [4.69, 9.17) is 10.8 Å². The Morgan fingerprint density at radius 1 is 1.47 bits per heavy atom. The number of rotatable bonds is 3. The predicted molar refractivity (Wildman–Crippen MR) is 55.5 cm³/mol. The number of benzene rings is 1. The van der Waals surface area contributed by atoms with Gasteiger partial charge in [-0.05, 0) is 30.5 Å². The molecule has 0 amide bonds. The van der Waals surface area contributed by atoms with Gasteiger partial charge >= 0.3 is 12.1 Å². The number of aliphatic carboxylic acids is 1. The molecular formula is C11H12F3NO2. The Morgan fingerprint density at radius 2 is 2.06 bits per heavy atom. The molecule has 1 atom stereocenters. The summed E-state index contributed by atoms with van der Waals surface area (Å²) in [6.07, 6.45) is -4.38. The highest BCUT2D eigenvalue weighted by molar-refractivity contribution is 5.73. The van der Waals surface area contributed by atoms with Crippen LogP contribution in [0.5, 0.6) is 0 Å². The maximum absolute atomic E-state index is 12.5. The van der Waals surface area contributed by atoms with Gasteiger partial charge in [0.2, 0.25) is 0 Å². The molecule has 0 bridgehead atoms. The maximum Gasteiger partial charge on any atom is 0.416 e. The van der Waals surface area contributed by atoms with Gasteiger partial charge in [-0.3, -0.25) is 4.79 Å². The van der Waals surface area contributed by atoms with E-state index in [2.05, 4.69) is 0 Å². The third kappa shape index (κ3) is 3.45. The lowest BCUT2D eigenvalue weighted by molar-refractivity contribution is -0.139. The van der Waals surface area contributed by atoms with Gasteiger partial charge in [0.15, 0.2) is 0 Å². The van der Waals surface area contributed by atoms with E-state index in [9.17, 15) is 18.0 Å². The van der Waals surface area contributed by atoms with Gasteiger partial charge < -0.3 is 10.8 Å². The first-order chi connectivity index (χ1) is 7.71. The van der Waals surface area contributed by atoms with Gasteiger partial charge in [0.05, 0.1) is 5.56 Å². The Morgan fingerprint density at radius 3 is 2.47 bits per heavy atom. The molecule has 1 aromatic rings. The second-order valence-corrected chi connectivity index (χ2v) is 3.80. The van der Waals surface area contributed by atoms with Gasteiger partial charge in [-0.2, -0.15) is 13.2 Å². The van der Waals surface area contributed by atoms with Crippen molar-refractivity contribution >= 4 is 5.97 Å². The fourth-order valence-corrected chi connectivity index (χ4v) is 1.51. The van der Waals surface area contributed by atoms with Crippen LogP contribution in [0.15, 0.2) is 18.2 Å². The van der Waals surface area contributed by atoms with Crippen LogP contribution in [-0.2, 0) is 17.4 Å². The molecule has 0 heterocycles. The van der Waals surface area contributed by atoms with E-state index in [1.54, 1.807) is 0 Å². The minimum absolute atomic E-state index is 0.00824. The highest BCUT2D eigenvalue weighted by atomic mass is 19.4. The molecule has 0 spiro atoms. The average Bonchev–Trinajstić information content (AvgIpc) is 2.15. The van der Waals surface area contributed by atoms with Crippen LogP contribution in [-0.4, -0.2) is 17.1 Å². The number of alkyl halides is 3. The third-order valence-electron chi connectivity index (χ3n) is 2.37. The van der Waals surface area contributed by atoms with Crippen LogP contribution in [0.3, 0.4) is 0 Å². The summed E-state index contributed by atoms with van der Waals surface area (Å²) >= 11 is 0. The van der Waals surface area contributed by atoms with Gasteiger partial charge in [0.1, 0.15) is 6.04 Å². The molecule has 0 saturated carbocycles. The van der Waals surface area contributed by atoms with Crippen molar-refractivity contribution < 1.29 is 23.1 Å². The topological polar surface area (TPSA) is 63.3 Å². The Kier molecular flexibility index (Phi) is 3.77. The molecule has 1 unspecified atom stereocenters. The zero-order valence-electron chi connectivity index (χ0n) is 9.08. The molecule has 0 saturated heterocycles. The first-order valence-electron chi connectivity index (χ1n) is 4.87. The average molecular weight is 247 g/mol. The number of carboxylic acids is 1. The summed E-state index contributed by atoms with van der Waals surface area (Å²) in [4.78, 5) is 10.5. The lowest BCUT2D eigenvalue weighted by Gasteiger charge is -2.12. The van der Waals surface area contributed by atoms with E-state index >= 15 is 0 Å². The molecule has 6 heteroatoms. The van der Waals surface area contributed by atoms with Crippen molar-refractivity contribution in [2.24, 2.45) is 5.73 Å². The van der Waals surface area contributed by atoms with Gasteiger partial charge in [0, 0.05) is 0 Å². The molecule has 94 valence electrons. The van der Waals surface area contributed by atoms with Crippen LogP contribution in [0.4, 0.5) is 13.2 Å². The SMILES string of the molecule is Cc1cc(CC(N)C(=O)O)ccc1C(F)(F)F. The highest BCUT2D eigenvalue weighted by Crippen LogP contribution is 2.32. The highest BCUT2D eigenvalue weighted by Gasteiger charge is 2.32. The number of aryl methyl sites for hydroxylation is 1. The van der Waals surface area contributed by atoms with Crippen LogP contribution < -0.4 is 5.73 Å². The molecule has 0 aliphatic heterocycles. The molecule has 0 aliphatic rings. The molecule has 17 heavy (non-hydrogen) atoms. The van der Waals surface area contributed by atoms with Crippen molar-refractivity contribution in [3.8, 4) is 0 Å². The first-order valence-corrected chi connectivity index (χ1v) is 4.87. The van der Waals surface area contributed by atoms with Crippen molar-refractivity contribution in [3.63, 3.8) is 0 Å². The smallest absolute Gasteiger partial charge is 0.416 e. The lowest BCUT2D eigenvalue weighted by Crippen LogP contribution is -2.32. The van der Waals surface area contributed by atoms with Gasteiger partial charge in [-0.1, -0.05) is 12.1 Å². The Hall–Kier alpha value is -1.56. The van der Waals surface area contributed by atoms with Crippen LogP contribution >= 0.6 is 0 Å². The molecule has 3 nitrogen and oxygen atoms in total. The Balaban J connectivity index is 2.94. The number of carboxylic acid groups (broad SMARTS) is 1. The van der Waals surface area contributed by atoms with Crippen LogP contribution in [0.2, 0.25) is 0 Å². The second kappa shape index (κ2) is 4.75. The van der Waals surface area contributed by atoms with Gasteiger partial charge in [0.25, 0.3) is 0 Å². The predicted octanol–water partition coefficient (Wildman–Crippen LogP) is 1.97. The summed E-state index contributed by atoms with van der Waals surface area (Å²) in [7, 11) is 0. The second-order valence-electron chi connectivity index (χ2n) is 3.80. The fourth-order valence-electron chi connectivity index (χ4n) is 1.51. The van der Waals surface area contributed by atoms with E-state index < -0.39 is 23.8 Å². The van der Waals surface area contributed by atoms with E-state index in [0.717, 1.165) is 6.07 Å². The molecule has 1 rings (SSSR count). The first kappa shape index (κ1) is 13.5. The number of hydrogen-bond acceptors (Lipinski definition) is 2. The van der Waals surface area contributed by atoms with Gasteiger partial charge in [-0.15, -0.1) is 0 Å². The van der Waals surface area contributed by atoms with E-state index in [0.29, 0.717) is 5.56 Å². The number of halogens is 3. The van der Waals surface area contributed by atoms with Crippen molar-refractivity contribution in [2.75, 3.05) is 0 Å². The largest absolute Gasteiger partial charge is 0.480 e. The van der Waals surface area contributed by atoms with Crippen LogP contribution in [0.1, 0.15) is 16.7 Å². The Labute approximate surface area is 96.0 Å². The molecule has 0 radical (unpaired) electrons. The molecule has 1 aromatic carbocycles. The van der Waals surface area contributed by atoms with E-state index in [1.807, 2.05) is 0 Å². The normalized spacial score (nSPS) is 13.5.